The molecule has 1 amide bonds. The Morgan fingerprint density at radius 1 is 1.18 bits per heavy atom. The van der Waals surface area contributed by atoms with Crippen LogP contribution in [0, 0.1) is 0 Å². The summed E-state index contributed by atoms with van der Waals surface area (Å²) in [5.41, 5.74) is 0.405. The van der Waals surface area contributed by atoms with Gasteiger partial charge in [-0.15, -0.1) is 0 Å². The molecule has 33 heavy (non-hydrogen) atoms. The van der Waals surface area contributed by atoms with Gasteiger partial charge in [0.2, 0.25) is 0 Å². The Labute approximate surface area is 198 Å². The van der Waals surface area contributed by atoms with E-state index < -0.39 is 23.5 Å². The average molecular weight is 489 g/mol. The van der Waals surface area contributed by atoms with Crippen LogP contribution >= 0.6 is 23.2 Å². The first-order valence-electron chi connectivity index (χ1n) is 9.70. The lowest BCUT2D eigenvalue weighted by molar-refractivity contribution is -0.140. The van der Waals surface area contributed by atoms with E-state index in [1.807, 2.05) is 0 Å². The van der Waals surface area contributed by atoms with Gasteiger partial charge in [-0.3, -0.25) is 14.6 Å². The van der Waals surface area contributed by atoms with Crippen LogP contribution in [0.15, 0.2) is 59.0 Å². The summed E-state index contributed by atoms with van der Waals surface area (Å²) in [4.78, 5) is 31.6. The van der Waals surface area contributed by atoms with Gasteiger partial charge < -0.3 is 23.9 Å². The van der Waals surface area contributed by atoms with Gasteiger partial charge in [0.25, 0.3) is 11.7 Å². The van der Waals surface area contributed by atoms with Crippen LogP contribution in [0.2, 0.25) is 10.0 Å². The average Bonchev–Trinajstić information content (AvgIpc) is 3.41. The minimum absolute atomic E-state index is 0.00910. The van der Waals surface area contributed by atoms with Gasteiger partial charge in [-0.05, 0) is 29.8 Å². The van der Waals surface area contributed by atoms with E-state index in [1.54, 1.807) is 30.5 Å². The number of nitrogens with zero attached hydrogens (tertiary/aromatic N) is 2. The number of ketones is 1. The van der Waals surface area contributed by atoms with Crippen molar-refractivity contribution in [3.63, 3.8) is 0 Å². The highest BCUT2D eigenvalue weighted by atomic mass is 35.5. The summed E-state index contributed by atoms with van der Waals surface area (Å²) in [6.45, 7) is 0.00910. The number of hydrogen-bond acceptors (Lipinski definition) is 7. The number of ether oxygens (including phenoxy) is 2. The number of methoxy groups -OCH3 is 2. The molecule has 1 fully saturated rings. The molecule has 1 saturated heterocycles. The van der Waals surface area contributed by atoms with Crippen LogP contribution in [-0.2, 0) is 16.1 Å². The topological polar surface area (TPSA) is 102 Å². The molecule has 0 bridgehead atoms. The quantitative estimate of drug-likeness (QED) is 0.306. The van der Waals surface area contributed by atoms with Crippen molar-refractivity contribution in [3.05, 3.63) is 81.5 Å². The van der Waals surface area contributed by atoms with Gasteiger partial charge in [-0.2, -0.15) is 0 Å². The number of carbonyl (C=O) groups excluding carboxylic acids is 2. The van der Waals surface area contributed by atoms with Crippen LogP contribution in [0.4, 0.5) is 0 Å². The minimum Gasteiger partial charge on any atom is -0.507 e. The molecular weight excluding hydrogens is 471 g/mol. The Hall–Kier alpha value is -3.49. The Morgan fingerprint density at radius 2 is 1.94 bits per heavy atom. The van der Waals surface area contributed by atoms with E-state index in [1.165, 1.54) is 37.6 Å². The second-order valence-corrected chi connectivity index (χ2v) is 7.86. The fraction of sp³-hybridized carbons (Fsp3) is 0.174. The van der Waals surface area contributed by atoms with Gasteiger partial charge in [0, 0.05) is 12.4 Å². The predicted octanol–water partition coefficient (Wildman–Crippen LogP) is 4.62. The lowest BCUT2D eigenvalue weighted by Gasteiger charge is -2.24. The smallest absolute Gasteiger partial charge is 0.296 e. The number of benzene rings is 1. The van der Waals surface area contributed by atoms with E-state index in [-0.39, 0.29) is 39.2 Å². The predicted molar refractivity (Wildman–Crippen MR) is 120 cm³/mol. The van der Waals surface area contributed by atoms with Gasteiger partial charge >= 0.3 is 0 Å². The molecule has 1 unspecified atom stereocenters. The molecule has 0 spiro atoms. The number of halogens is 2. The molecule has 1 N–H and O–H groups in total. The summed E-state index contributed by atoms with van der Waals surface area (Å²) in [6, 6.07) is 7.17. The van der Waals surface area contributed by atoms with E-state index in [4.69, 9.17) is 37.1 Å². The molecule has 0 radical (unpaired) electrons. The fourth-order valence-corrected chi connectivity index (χ4v) is 4.48. The van der Waals surface area contributed by atoms with Crippen molar-refractivity contribution in [1.29, 1.82) is 0 Å². The van der Waals surface area contributed by atoms with Crippen LogP contribution in [0.25, 0.3) is 5.76 Å². The molecule has 2 aromatic heterocycles. The number of aliphatic hydroxyl groups is 1. The molecule has 4 rings (SSSR count). The monoisotopic (exact) mass is 488 g/mol. The SMILES string of the molecule is COc1c(Cl)cc(/C(O)=C2\C(=O)C(=O)N(Cc3ccco3)C2c2cccnc2)c(OC)c1Cl. The lowest BCUT2D eigenvalue weighted by Crippen LogP contribution is -2.29. The van der Waals surface area contributed by atoms with Gasteiger partial charge in [0.05, 0.1) is 49.2 Å². The van der Waals surface area contributed by atoms with Crippen LogP contribution in [0.3, 0.4) is 0 Å². The zero-order valence-electron chi connectivity index (χ0n) is 17.5. The van der Waals surface area contributed by atoms with E-state index in [2.05, 4.69) is 4.98 Å². The summed E-state index contributed by atoms with van der Waals surface area (Å²) in [7, 11) is 2.73. The molecule has 3 heterocycles. The van der Waals surface area contributed by atoms with Crippen LogP contribution in [-0.4, -0.2) is 40.9 Å². The number of pyridine rings is 1. The van der Waals surface area contributed by atoms with Crippen molar-refractivity contribution in [3.8, 4) is 11.5 Å². The summed E-state index contributed by atoms with van der Waals surface area (Å²) >= 11 is 12.6. The number of furan rings is 1. The number of aliphatic hydroxyl groups excluding tert-OH is 1. The van der Waals surface area contributed by atoms with Gasteiger partial charge in [0.1, 0.15) is 16.5 Å². The molecule has 0 saturated carbocycles. The molecule has 1 aromatic carbocycles. The van der Waals surface area contributed by atoms with E-state index in [0.717, 1.165) is 0 Å². The second kappa shape index (κ2) is 9.17. The first-order valence-corrected chi connectivity index (χ1v) is 10.5. The van der Waals surface area contributed by atoms with Gasteiger partial charge in [-0.1, -0.05) is 29.3 Å². The van der Waals surface area contributed by atoms with Crippen molar-refractivity contribution in [2.75, 3.05) is 14.2 Å². The molecule has 10 heteroatoms. The molecule has 3 aromatic rings. The first-order chi connectivity index (χ1) is 15.9. The summed E-state index contributed by atoms with van der Waals surface area (Å²) < 4.78 is 15.9. The van der Waals surface area contributed by atoms with Crippen molar-refractivity contribution < 1.29 is 28.6 Å². The summed E-state index contributed by atoms with van der Waals surface area (Å²) in [5, 5.41) is 11.4. The van der Waals surface area contributed by atoms with Gasteiger partial charge in [0.15, 0.2) is 11.5 Å². The van der Waals surface area contributed by atoms with E-state index >= 15 is 0 Å². The molecule has 1 aliphatic heterocycles. The van der Waals surface area contributed by atoms with E-state index in [9.17, 15) is 14.7 Å². The Kier molecular flexibility index (Phi) is 6.31. The maximum atomic E-state index is 13.1. The number of likely N-dealkylation sites (tertiary alicyclic amines) is 1. The number of rotatable bonds is 6. The standard InChI is InChI=1S/C23H18Cl2N2O6/c1-31-21-14(9-15(24)22(32-2)17(21)25)19(28)16-18(12-5-3-7-26-10-12)27(23(30)20(16)29)11-13-6-4-8-33-13/h3-10,18,28H,11H2,1-2H3/b19-16+. The molecule has 8 nitrogen and oxygen atoms in total. The third-order valence-electron chi connectivity index (χ3n) is 5.24. The Bertz CT molecular complexity index is 1240. The molecular formula is C23H18Cl2N2O6. The molecule has 1 atom stereocenters. The third-order valence-corrected chi connectivity index (χ3v) is 5.87. The van der Waals surface area contributed by atoms with Crippen LogP contribution in [0.1, 0.15) is 22.9 Å². The highest BCUT2D eigenvalue weighted by Gasteiger charge is 2.47. The van der Waals surface area contributed by atoms with Crippen LogP contribution < -0.4 is 9.47 Å². The molecule has 170 valence electrons. The van der Waals surface area contributed by atoms with Crippen molar-refractivity contribution in [2.24, 2.45) is 0 Å². The number of Topliss-reactive ketones (excluding diaryl/α,β-unsaturated/α-hetero) is 1. The van der Waals surface area contributed by atoms with Crippen LogP contribution in [0.5, 0.6) is 11.5 Å². The lowest BCUT2D eigenvalue weighted by atomic mass is 9.96. The largest absolute Gasteiger partial charge is 0.507 e. The Morgan fingerprint density at radius 3 is 2.55 bits per heavy atom. The van der Waals surface area contributed by atoms with Crippen molar-refractivity contribution in [2.45, 2.75) is 12.6 Å². The number of aromatic nitrogens is 1. The van der Waals surface area contributed by atoms with E-state index in [0.29, 0.717) is 11.3 Å². The van der Waals surface area contributed by atoms with Crippen molar-refractivity contribution in [1.82, 2.24) is 9.88 Å². The zero-order chi connectivity index (χ0) is 23.7. The maximum Gasteiger partial charge on any atom is 0.296 e. The number of hydrogen-bond donors (Lipinski definition) is 1. The zero-order valence-corrected chi connectivity index (χ0v) is 19.1. The second-order valence-electron chi connectivity index (χ2n) is 7.08. The normalized spacial score (nSPS) is 17.5. The van der Waals surface area contributed by atoms with Crippen molar-refractivity contribution >= 4 is 40.7 Å². The summed E-state index contributed by atoms with van der Waals surface area (Å²) in [6.07, 6.45) is 4.55. The first kappa shape index (κ1) is 22.7. The highest BCUT2D eigenvalue weighted by molar-refractivity contribution is 6.47. The fourth-order valence-electron chi connectivity index (χ4n) is 3.79. The maximum absolute atomic E-state index is 13.1. The Balaban J connectivity index is 1.94. The minimum atomic E-state index is -0.937. The third kappa shape index (κ3) is 3.92. The number of carbonyl (C=O) groups is 2. The summed E-state index contributed by atoms with van der Waals surface area (Å²) in [5.74, 6) is -1.51. The molecule has 1 aliphatic rings. The van der Waals surface area contributed by atoms with Gasteiger partial charge in [-0.25, -0.2) is 0 Å². The number of amides is 1. The highest BCUT2D eigenvalue weighted by Crippen LogP contribution is 2.47. The molecule has 0 aliphatic carbocycles.